The number of rotatable bonds is 5. The van der Waals surface area contributed by atoms with Crippen molar-refractivity contribution in [1.29, 1.82) is 0 Å². The fourth-order valence-electron chi connectivity index (χ4n) is 3.36. The molecule has 0 amide bonds. The Hall–Kier alpha value is -3.87. The van der Waals surface area contributed by atoms with Crippen molar-refractivity contribution in [3.05, 3.63) is 87.8 Å². The van der Waals surface area contributed by atoms with Crippen LogP contribution in [0.1, 0.15) is 34.5 Å². The summed E-state index contributed by atoms with van der Waals surface area (Å²) in [6.45, 7) is 3.80. The van der Waals surface area contributed by atoms with Crippen LogP contribution in [-0.2, 0) is 0 Å². The minimum absolute atomic E-state index is 0.167. The summed E-state index contributed by atoms with van der Waals surface area (Å²) in [6.07, 6.45) is 3.30. The molecule has 0 radical (unpaired) electrons. The van der Waals surface area contributed by atoms with E-state index < -0.39 is 5.97 Å². The van der Waals surface area contributed by atoms with E-state index in [0.717, 1.165) is 11.1 Å². The van der Waals surface area contributed by atoms with E-state index in [1.54, 1.807) is 48.8 Å². The van der Waals surface area contributed by atoms with Crippen molar-refractivity contribution in [2.75, 3.05) is 5.32 Å². The van der Waals surface area contributed by atoms with Gasteiger partial charge >= 0.3 is 5.97 Å². The first-order valence-corrected chi connectivity index (χ1v) is 9.11. The zero-order chi connectivity index (χ0) is 20.5. The molecule has 2 aromatic carbocycles. The number of hydrogen-bond donors (Lipinski definition) is 2. The summed E-state index contributed by atoms with van der Waals surface area (Å²) in [5, 5.41) is 17.3. The smallest absolute Gasteiger partial charge is 0.337 e. The number of para-hydroxylation sites is 1. The number of nitrogens with zero attached hydrogens (tertiary/aromatic N) is 2. The van der Waals surface area contributed by atoms with Crippen molar-refractivity contribution in [3.63, 3.8) is 0 Å². The van der Waals surface area contributed by atoms with Gasteiger partial charge in [-0.15, -0.1) is 0 Å². The lowest BCUT2D eigenvalue weighted by Gasteiger charge is -2.19. The first-order chi connectivity index (χ1) is 13.9. The van der Waals surface area contributed by atoms with E-state index in [9.17, 15) is 14.7 Å². The molecule has 0 aliphatic heterocycles. The van der Waals surface area contributed by atoms with Crippen LogP contribution in [0.5, 0.6) is 0 Å². The molecule has 0 spiro atoms. The van der Waals surface area contributed by atoms with Crippen molar-refractivity contribution in [2.45, 2.75) is 19.9 Å². The van der Waals surface area contributed by atoms with Crippen LogP contribution in [-0.4, -0.2) is 20.9 Å². The number of aryl methyl sites for hydroxylation is 1. The monoisotopic (exact) mass is 389 g/mol. The van der Waals surface area contributed by atoms with Crippen LogP contribution in [0.2, 0.25) is 0 Å². The molecule has 2 N–H and O–H groups in total. The fourth-order valence-corrected chi connectivity index (χ4v) is 3.36. The zero-order valence-corrected chi connectivity index (χ0v) is 15.9. The van der Waals surface area contributed by atoms with Crippen LogP contribution in [0.4, 0.5) is 5.69 Å². The van der Waals surface area contributed by atoms with Crippen LogP contribution >= 0.6 is 0 Å². The number of aromatic nitrogens is 2. The molecule has 0 saturated heterocycles. The van der Waals surface area contributed by atoms with Gasteiger partial charge in [0.1, 0.15) is 5.58 Å². The largest absolute Gasteiger partial charge is 0.478 e. The van der Waals surface area contributed by atoms with Crippen LogP contribution in [0.25, 0.3) is 16.9 Å². The van der Waals surface area contributed by atoms with Gasteiger partial charge in [-0.3, -0.25) is 4.79 Å². The molecule has 2 heterocycles. The Balaban J connectivity index is 1.84. The Kier molecular flexibility index (Phi) is 4.64. The number of benzene rings is 2. The Morgan fingerprint density at radius 1 is 1.21 bits per heavy atom. The highest BCUT2D eigenvalue weighted by atomic mass is 16.4. The maximum absolute atomic E-state index is 12.7. The molecule has 0 saturated carbocycles. The molecule has 146 valence electrons. The predicted octanol–water partition coefficient (Wildman–Crippen LogP) is 4.16. The predicted molar refractivity (Wildman–Crippen MR) is 110 cm³/mol. The normalized spacial score (nSPS) is 12.1. The van der Waals surface area contributed by atoms with Gasteiger partial charge in [-0.1, -0.05) is 18.2 Å². The number of carbonyl (C=O) groups is 1. The SMILES string of the molecule is Cc1cc(C(C)Nc2ccccc2C(=O)O)c2oc(-n3cccn3)cc(=O)c2c1. The molecule has 7 heteroatoms. The number of aromatic carboxylic acids is 1. The van der Waals surface area contributed by atoms with Crippen LogP contribution < -0.4 is 10.7 Å². The Bertz CT molecular complexity index is 1260. The first-order valence-electron chi connectivity index (χ1n) is 9.11. The highest BCUT2D eigenvalue weighted by Crippen LogP contribution is 2.29. The molecule has 2 aromatic heterocycles. The van der Waals surface area contributed by atoms with Crippen LogP contribution in [0.3, 0.4) is 0 Å². The summed E-state index contributed by atoms with van der Waals surface area (Å²) in [5.74, 6) is -0.697. The van der Waals surface area contributed by atoms with E-state index in [4.69, 9.17) is 4.42 Å². The summed E-state index contributed by atoms with van der Waals surface area (Å²) in [4.78, 5) is 24.2. The van der Waals surface area contributed by atoms with Crippen molar-refractivity contribution >= 4 is 22.6 Å². The van der Waals surface area contributed by atoms with Gasteiger partial charge in [-0.2, -0.15) is 5.10 Å². The second kappa shape index (κ2) is 7.27. The Morgan fingerprint density at radius 3 is 2.72 bits per heavy atom. The Morgan fingerprint density at radius 2 is 2.00 bits per heavy atom. The number of fused-ring (bicyclic) bond motifs is 1. The van der Waals surface area contributed by atoms with E-state index >= 15 is 0 Å². The highest BCUT2D eigenvalue weighted by molar-refractivity contribution is 5.94. The van der Waals surface area contributed by atoms with E-state index in [1.165, 1.54) is 10.7 Å². The third-order valence-electron chi connectivity index (χ3n) is 4.71. The summed E-state index contributed by atoms with van der Waals surface area (Å²) in [6, 6.07) is 13.3. The van der Waals surface area contributed by atoms with Gasteiger partial charge in [0, 0.05) is 29.7 Å². The summed E-state index contributed by atoms with van der Waals surface area (Å²) >= 11 is 0. The van der Waals surface area contributed by atoms with E-state index in [2.05, 4.69) is 10.4 Å². The number of anilines is 1. The molecule has 1 atom stereocenters. The van der Waals surface area contributed by atoms with Gasteiger partial charge in [0.15, 0.2) is 5.43 Å². The van der Waals surface area contributed by atoms with Gasteiger partial charge in [0.05, 0.1) is 17.0 Å². The maximum Gasteiger partial charge on any atom is 0.337 e. The molecule has 4 rings (SSSR count). The molecule has 7 nitrogen and oxygen atoms in total. The zero-order valence-electron chi connectivity index (χ0n) is 15.9. The lowest BCUT2D eigenvalue weighted by atomic mass is 10.0. The van der Waals surface area contributed by atoms with Gasteiger partial charge in [-0.25, -0.2) is 9.48 Å². The number of carboxylic acids is 1. The van der Waals surface area contributed by atoms with Crippen molar-refractivity contribution in [2.24, 2.45) is 0 Å². The van der Waals surface area contributed by atoms with Crippen molar-refractivity contribution in [1.82, 2.24) is 9.78 Å². The minimum Gasteiger partial charge on any atom is -0.478 e. The van der Waals surface area contributed by atoms with Gasteiger partial charge < -0.3 is 14.8 Å². The first kappa shape index (κ1) is 18.5. The molecule has 29 heavy (non-hydrogen) atoms. The molecule has 4 aromatic rings. The Labute approximate surface area is 166 Å². The minimum atomic E-state index is -1.01. The molecular weight excluding hydrogens is 370 g/mol. The average Bonchev–Trinajstić information content (AvgIpc) is 3.23. The molecule has 0 aliphatic carbocycles. The van der Waals surface area contributed by atoms with Gasteiger partial charge in [0.25, 0.3) is 0 Å². The summed E-state index contributed by atoms with van der Waals surface area (Å²) in [7, 11) is 0. The van der Waals surface area contributed by atoms with E-state index in [1.807, 2.05) is 19.9 Å². The number of hydrogen-bond acceptors (Lipinski definition) is 5. The molecule has 0 aliphatic rings. The second-order valence-corrected chi connectivity index (χ2v) is 6.85. The van der Waals surface area contributed by atoms with Crippen molar-refractivity contribution < 1.29 is 14.3 Å². The quantitative estimate of drug-likeness (QED) is 0.532. The molecule has 1 unspecified atom stereocenters. The van der Waals surface area contributed by atoms with Gasteiger partial charge in [-0.05, 0) is 43.7 Å². The summed E-state index contributed by atoms with van der Waals surface area (Å²) in [5.41, 5.74) is 2.61. The average molecular weight is 389 g/mol. The van der Waals surface area contributed by atoms with Crippen molar-refractivity contribution in [3.8, 4) is 5.88 Å². The lowest BCUT2D eigenvalue weighted by molar-refractivity contribution is 0.0698. The van der Waals surface area contributed by atoms with Crippen LogP contribution in [0.15, 0.2) is 70.1 Å². The van der Waals surface area contributed by atoms with E-state index in [0.29, 0.717) is 22.5 Å². The van der Waals surface area contributed by atoms with Crippen LogP contribution in [0, 0.1) is 6.92 Å². The molecule has 0 bridgehead atoms. The molecular formula is C22H19N3O4. The third kappa shape index (κ3) is 3.50. The molecule has 0 fully saturated rings. The third-order valence-corrected chi connectivity index (χ3v) is 4.71. The second-order valence-electron chi connectivity index (χ2n) is 6.85. The highest BCUT2D eigenvalue weighted by Gasteiger charge is 2.18. The lowest BCUT2D eigenvalue weighted by Crippen LogP contribution is -2.13. The van der Waals surface area contributed by atoms with Gasteiger partial charge in [0.2, 0.25) is 5.88 Å². The summed E-state index contributed by atoms with van der Waals surface area (Å²) < 4.78 is 7.54. The number of nitrogens with one attached hydrogen (secondary N) is 1. The topological polar surface area (TPSA) is 97.4 Å². The number of carboxylic acid groups (broad SMARTS) is 1. The standard InChI is InChI=1S/C22H19N3O4/c1-13-10-16(14(2)24-18-7-4-3-6-15(18)22(27)28)21-17(11-13)19(26)12-20(29-21)25-9-5-8-23-25/h3-12,14,24H,1-2H3,(H,27,28). The maximum atomic E-state index is 12.7. The fraction of sp³-hybridized carbons (Fsp3) is 0.136. The van der Waals surface area contributed by atoms with E-state index in [-0.39, 0.29) is 17.0 Å².